The first kappa shape index (κ1) is 17.2. The van der Waals surface area contributed by atoms with Gasteiger partial charge in [0, 0.05) is 48.2 Å². The summed E-state index contributed by atoms with van der Waals surface area (Å²) < 4.78 is 0. The summed E-state index contributed by atoms with van der Waals surface area (Å²) in [4.78, 5) is 11.2. The Balaban J connectivity index is 2.00. The third-order valence-corrected chi connectivity index (χ3v) is 4.26. The van der Waals surface area contributed by atoms with E-state index in [1.54, 1.807) is 0 Å². The molecule has 0 atom stereocenters. The van der Waals surface area contributed by atoms with E-state index in [1.807, 2.05) is 19.3 Å². The quantitative estimate of drug-likeness (QED) is 0.876. The van der Waals surface area contributed by atoms with Gasteiger partial charge in [-0.3, -0.25) is 4.90 Å². The van der Waals surface area contributed by atoms with Gasteiger partial charge in [0.1, 0.15) is 0 Å². The maximum absolute atomic E-state index is 4.36. The molecule has 0 radical (unpaired) electrons. The number of aromatic nitrogens is 2. The van der Waals surface area contributed by atoms with Crippen molar-refractivity contribution in [3.63, 3.8) is 0 Å². The van der Waals surface area contributed by atoms with E-state index >= 15 is 0 Å². The normalized spacial score (nSPS) is 21.0. The van der Waals surface area contributed by atoms with Crippen molar-refractivity contribution in [3.05, 3.63) is 18.0 Å². The lowest BCUT2D eigenvalue weighted by Crippen LogP contribution is -2.61. The number of hydrogen-bond donors (Lipinski definition) is 2. The van der Waals surface area contributed by atoms with Crippen LogP contribution in [0, 0.1) is 0 Å². The highest BCUT2D eigenvalue weighted by atomic mass is 15.2. The van der Waals surface area contributed by atoms with Crippen LogP contribution in [0.25, 0.3) is 0 Å². The Morgan fingerprint density at radius 3 is 2.23 bits per heavy atom. The molecule has 0 amide bonds. The van der Waals surface area contributed by atoms with Gasteiger partial charge in [-0.2, -0.15) is 0 Å². The van der Waals surface area contributed by atoms with Crippen LogP contribution in [0.2, 0.25) is 0 Å². The molecule has 2 heterocycles. The summed E-state index contributed by atoms with van der Waals surface area (Å²) in [6, 6.07) is 0.569. The van der Waals surface area contributed by atoms with E-state index in [1.165, 1.54) is 5.56 Å². The van der Waals surface area contributed by atoms with E-state index in [0.29, 0.717) is 12.0 Å². The van der Waals surface area contributed by atoms with Gasteiger partial charge in [0.25, 0.3) is 0 Å². The van der Waals surface area contributed by atoms with Crippen LogP contribution in [0.4, 0.5) is 5.95 Å². The fourth-order valence-corrected chi connectivity index (χ4v) is 3.68. The second-order valence-corrected chi connectivity index (χ2v) is 7.82. The third kappa shape index (κ3) is 4.65. The van der Waals surface area contributed by atoms with Gasteiger partial charge in [0.05, 0.1) is 0 Å². The monoisotopic (exact) mass is 305 g/mol. The predicted molar refractivity (Wildman–Crippen MR) is 92.0 cm³/mol. The molecule has 0 saturated carbocycles. The first-order valence-corrected chi connectivity index (χ1v) is 8.25. The minimum absolute atomic E-state index is 0.173. The molecule has 22 heavy (non-hydrogen) atoms. The van der Waals surface area contributed by atoms with Crippen LogP contribution in [0.15, 0.2) is 12.4 Å². The van der Waals surface area contributed by atoms with E-state index in [-0.39, 0.29) is 11.1 Å². The minimum atomic E-state index is 0.173. The number of rotatable bonds is 5. The van der Waals surface area contributed by atoms with Gasteiger partial charge < -0.3 is 10.6 Å². The zero-order valence-electron chi connectivity index (χ0n) is 14.9. The number of piperidine rings is 1. The topological polar surface area (TPSA) is 53.1 Å². The van der Waals surface area contributed by atoms with Crippen LogP contribution in [0.5, 0.6) is 0 Å². The minimum Gasteiger partial charge on any atom is -0.355 e. The molecule has 0 spiro atoms. The molecule has 1 aliphatic heterocycles. The molecule has 5 heteroatoms. The lowest BCUT2D eigenvalue weighted by Gasteiger charge is -2.49. The predicted octanol–water partition coefficient (Wildman–Crippen LogP) is 2.65. The van der Waals surface area contributed by atoms with E-state index in [9.17, 15) is 0 Å². The third-order valence-electron chi connectivity index (χ3n) is 4.26. The molecule has 1 fully saturated rings. The molecule has 0 aromatic carbocycles. The number of nitrogens with zero attached hydrogens (tertiary/aromatic N) is 3. The summed E-state index contributed by atoms with van der Waals surface area (Å²) in [5.41, 5.74) is 1.51. The van der Waals surface area contributed by atoms with Crippen LogP contribution in [0.3, 0.4) is 0 Å². The van der Waals surface area contributed by atoms with E-state index in [4.69, 9.17) is 0 Å². The lowest BCUT2D eigenvalue weighted by atomic mass is 9.79. The van der Waals surface area contributed by atoms with Crippen molar-refractivity contribution in [3.8, 4) is 0 Å². The molecular weight excluding hydrogens is 274 g/mol. The Morgan fingerprint density at radius 1 is 1.18 bits per heavy atom. The van der Waals surface area contributed by atoms with Crippen molar-refractivity contribution < 1.29 is 0 Å². The van der Waals surface area contributed by atoms with Crippen LogP contribution >= 0.6 is 0 Å². The lowest BCUT2D eigenvalue weighted by molar-refractivity contribution is 0.0775. The highest BCUT2D eigenvalue weighted by Gasteiger charge is 2.38. The summed E-state index contributed by atoms with van der Waals surface area (Å²) >= 11 is 0. The van der Waals surface area contributed by atoms with Crippen molar-refractivity contribution in [2.24, 2.45) is 0 Å². The first-order chi connectivity index (χ1) is 10.2. The Kier molecular flexibility index (Phi) is 5.07. The molecular formula is C17H31N5. The molecule has 5 nitrogen and oxygen atoms in total. The van der Waals surface area contributed by atoms with Crippen molar-refractivity contribution >= 4 is 5.95 Å². The smallest absolute Gasteiger partial charge is 0.222 e. The van der Waals surface area contributed by atoms with Gasteiger partial charge in [0.2, 0.25) is 5.95 Å². The van der Waals surface area contributed by atoms with Crippen LogP contribution in [0.1, 0.15) is 53.0 Å². The van der Waals surface area contributed by atoms with Crippen molar-refractivity contribution in [2.75, 3.05) is 18.9 Å². The van der Waals surface area contributed by atoms with Gasteiger partial charge in [-0.1, -0.05) is 0 Å². The maximum Gasteiger partial charge on any atom is 0.222 e. The summed E-state index contributed by atoms with van der Waals surface area (Å²) in [5, 5.41) is 6.87. The molecule has 0 unspecified atom stereocenters. The SMILES string of the molecule is CCNc1ncc(CN(C)C2CC(C)(C)NC(C)(C)C2)cn1. The number of nitrogens with one attached hydrogen (secondary N) is 2. The zero-order valence-corrected chi connectivity index (χ0v) is 14.9. The second kappa shape index (κ2) is 6.50. The van der Waals surface area contributed by atoms with Crippen molar-refractivity contribution in [2.45, 2.75) is 71.1 Å². The van der Waals surface area contributed by atoms with Gasteiger partial charge in [-0.25, -0.2) is 9.97 Å². The Bertz CT molecular complexity index is 464. The molecule has 2 rings (SSSR count). The summed E-state index contributed by atoms with van der Waals surface area (Å²) in [7, 11) is 2.21. The molecule has 1 saturated heterocycles. The van der Waals surface area contributed by atoms with Crippen LogP contribution in [-0.4, -0.2) is 45.6 Å². The molecule has 1 aromatic rings. The standard InChI is InChI=1S/C17H31N5/c1-7-18-15-19-10-13(11-20-15)12-22(6)14-8-16(2,3)21-17(4,5)9-14/h10-11,14,21H,7-9,12H2,1-6H3,(H,18,19,20). The Hall–Kier alpha value is -1.20. The molecule has 0 aliphatic carbocycles. The highest BCUT2D eigenvalue weighted by Crippen LogP contribution is 2.31. The highest BCUT2D eigenvalue weighted by molar-refractivity contribution is 5.24. The van der Waals surface area contributed by atoms with Crippen LogP contribution in [-0.2, 0) is 6.54 Å². The van der Waals surface area contributed by atoms with Gasteiger partial charge in [-0.15, -0.1) is 0 Å². The zero-order chi connectivity index (χ0) is 16.4. The molecule has 0 bridgehead atoms. The largest absolute Gasteiger partial charge is 0.355 e. The molecule has 1 aromatic heterocycles. The second-order valence-electron chi connectivity index (χ2n) is 7.82. The molecule has 1 aliphatic rings. The fraction of sp³-hybridized carbons (Fsp3) is 0.765. The summed E-state index contributed by atoms with van der Waals surface area (Å²) in [6.45, 7) is 13.0. The maximum atomic E-state index is 4.36. The van der Waals surface area contributed by atoms with E-state index in [2.05, 4.69) is 60.2 Å². The van der Waals surface area contributed by atoms with Gasteiger partial charge in [0.15, 0.2) is 0 Å². The Morgan fingerprint density at radius 2 is 1.73 bits per heavy atom. The van der Waals surface area contributed by atoms with Gasteiger partial charge in [-0.05, 0) is 54.5 Å². The number of anilines is 1. The molecule has 2 N–H and O–H groups in total. The van der Waals surface area contributed by atoms with Crippen molar-refractivity contribution in [1.82, 2.24) is 20.2 Å². The summed E-state index contributed by atoms with van der Waals surface area (Å²) in [5.74, 6) is 0.707. The first-order valence-electron chi connectivity index (χ1n) is 8.25. The van der Waals surface area contributed by atoms with Crippen molar-refractivity contribution in [1.29, 1.82) is 0 Å². The average Bonchev–Trinajstić information content (AvgIpc) is 2.37. The van der Waals surface area contributed by atoms with E-state index < -0.39 is 0 Å². The van der Waals surface area contributed by atoms with E-state index in [0.717, 1.165) is 25.9 Å². The molecule has 124 valence electrons. The Labute approximate surface area is 134 Å². The number of hydrogen-bond acceptors (Lipinski definition) is 5. The summed E-state index contributed by atoms with van der Waals surface area (Å²) in [6.07, 6.45) is 6.17. The fourth-order valence-electron chi connectivity index (χ4n) is 3.68. The van der Waals surface area contributed by atoms with Crippen LogP contribution < -0.4 is 10.6 Å². The average molecular weight is 305 g/mol. The van der Waals surface area contributed by atoms with Gasteiger partial charge >= 0.3 is 0 Å².